The number of carbonyl (C=O) groups excluding carboxylic acids is 2. The first-order valence-electron chi connectivity index (χ1n) is 12.3. The number of urea groups is 1. The number of ether oxygens (including phenoxy) is 1. The van der Waals surface area contributed by atoms with E-state index in [9.17, 15) is 9.59 Å². The molecule has 0 radical (unpaired) electrons. The molecule has 1 aliphatic carbocycles. The highest BCUT2D eigenvalue weighted by Gasteiger charge is 2.34. The van der Waals surface area contributed by atoms with Gasteiger partial charge in [0.2, 0.25) is 5.88 Å². The molecular formula is C27H26N6O3S. The monoisotopic (exact) mass is 514 g/mol. The molecule has 1 fully saturated rings. The first-order chi connectivity index (χ1) is 18.0. The molecule has 4 N–H and O–H groups in total. The van der Waals surface area contributed by atoms with Crippen molar-refractivity contribution in [3.05, 3.63) is 65.3 Å². The minimum Gasteiger partial charge on any atom is -0.439 e. The van der Waals surface area contributed by atoms with Crippen LogP contribution in [0.1, 0.15) is 40.9 Å². The van der Waals surface area contributed by atoms with Gasteiger partial charge in [-0.05, 0) is 56.4 Å². The molecule has 1 aliphatic heterocycles. The Bertz CT molecular complexity index is 1510. The quantitative estimate of drug-likeness (QED) is 0.324. The lowest BCUT2D eigenvalue weighted by Crippen LogP contribution is -2.42. The number of aromatic nitrogens is 2. The maximum absolute atomic E-state index is 13.4. The van der Waals surface area contributed by atoms with Crippen LogP contribution in [0.4, 0.5) is 21.9 Å². The Morgan fingerprint density at radius 2 is 2.03 bits per heavy atom. The second-order valence-electron chi connectivity index (χ2n) is 9.40. The van der Waals surface area contributed by atoms with E-state index in [4.69, 9.17) is 10.5 Å². The Balaban J connectivity index is 1.33. The first-order valence-corrected chi connectivity index (χ1v) is 13.1. The SMILES string of the molecule is Cc1cc(Oc2ccccc2)ncc1N1C(=O)Nc2c(C(=O)N[C@@H]3CCC[C@@H](N)C3)sc3nccc1c23. The Morgan fingerprint density at radius 1 is 1.19 bits per heavy atom. The van der Waals surface area contributed by atoms with Crippen molar-refractivity contribution in [3.63, 3.8) is 0 Å². The standard InChI is InChI=1S/C27H26N6O3S/c1-15-12-21(36-18-8-3-2-4-9-18)30-14-20(15)33-19-10-11-29-26-22(19)23(32-27(33)35)24(37-26)25(34)31-17-7-5-6-16(28)13-17/h2-4,8-12,14,16-17H,5-7,13,28H2,1H3,(H,31,34)(H,32,35)/t16-,17-/m1/s1. The average molecular weight is 515 g/mol. The molecule has 1 aromatic carbocycles. The van der Waals surface area contributed by atoms with Crippen molar-refractivity contribution in [1.82, 2.24) is 15.3 Å². The molecule has 10 heteroatoms. The molecular weight excluding hydrogens is 488 g/mol. The van der Waals surface area contributed by atoms with E-state index in [1.54, 1.807) is 29.4 Å². The van der Waals surface area contributed by atoms with Gasteiger partial charge in [-0.15, -0.1) is 11.3 Å². The fourth-order valence-corrected chi connectivity index (χ4v) is 6.04. The van der Waals surface area contributed by atoms with Gasteiger partial charge in [-0.2, -0.15) is 0 Å². The summed E-state index contributed by atoms with van der Waals surface area (Å²) in [4.78, 5) is 38.3. The summed E-state index contributed by atoms with van der Waals surface area (Å²) in [6.45, 7) is 1.90. The average Bonchev–Trinajstić information content (AvgIpc) is 3.25. The van der Waals surface area contributed by atoms with Crippen molar-refractivity contribution >= 4 is 50.6 Å². The van der Waals surface area contributed by atoms with Crippen LogP contribution in [0.2, 0.25) is 0 Å². The van der Waals surface area contributed by atoms with Gasteiger partial charge in [0, 0.05) is 24.3 Å². The number of anilines is 3. The number of hydrogen-bond acceptors (Lipinski definition) is 7. The molecule has 0 bridgehead atoms. The van der Waals surface area contributed by atoms with Crippen molar-refractivity contribution in [1.29, 1.82) is 0 Å². The number of benzene rings is 1. The van der Waals surface area contributed by atoms with Gasteiger partial charge >= 0.3 is 6.03 Å². The number of hydrogen-bond donors (Lipinski definition) is 3. The fraction of sp³-hybridized carbons (Fsp3) is 0.259. The van der Waals surface area contributed by atoms with Crippen molar-refractivity contribution in [2.24, 2.45) is 5.73 Å². The van der Waals surface area contributed by atoms with Crippen LogP contribution in [0.5, 0.6) is 11.6 Å². The molecule has 9 nitrogen and oxygen atoms in total. The highest BCUT2D eigenvalue weighted by molar-refractivity contribution is 7.21. The summed E-state index contributed by atoms with van der Waals surface area (Å²) >= 11 is 1.28. The highest BCUT2D eigenvalue weighted by atomic mass is 32.1. The fourth-order valence-electron chi connectivity index (χ4n) is 5.02. The zero-order valence-corrected chi connectivity index (χ0v) is 21.0. The van der Waals surface area contributed by atoms with Crippen LogP contribution in [0.3, 0.4) is 0 Å². The third-order valence-corrected chi connectivity index (χ3v) is 7.86. The van der Waals surface area contributed by atoms with Gasteiger partial charge in [0.15, 0.2) is 0 Å². The molecule has 3 aromatic heterocycles. The second kappa shape index (κ2) is 9.45. The molecule has 2 atom stereocenters. The number of aryl methyl sites for hydroxylation is 1. The number of nitrogens with one attached hydrogen (secondary N) is 2. The number of rotatable bonds is 5. The van der Waals surface area contributed by atoms with Gasteiger partial charge in [0.1, 0.15) is 15.5 Å². The lowest BCUT2D eigenvalue weighted by atomic mass is 9.91. The molecule has 188 valence electrons. The van der Waals surface area contributed by atoms with Crippen molar-refractivity contribution in [2.75, 3.05) is 10.2 Å². The van der Waals surface area contributed by atoms with E-state index >= 15 is 0 Å². The van der Waals surface area contributed by atoms with Crippen LogP contribution in [-0.2, 0) is 0 Å². The Hall–Kier alpha value is -4.02. The smallest absolute Gasteiger partial charge is 0.331 e. The molecule has 0 saturated heterocycles. The lowest BCUT2D eigenvalue weighted by Gasteiger charge is -2.29. The predicted octanol–water partition coefficient (Wildman–Crippen LogP) is 5.48. The van der Waals surface area contributed by atoms with E-state index in [0.29, 0.717) is 38.4 Å². The van der Waals surface area contributed by atoms with Crippen LogP contribution in [-0.4, -0.2) is 34.0 Å². The number of nitrogens with two attached hydrogens (primary N) is 1. The number of carbonyl (C=O) groups is 2. The van der Waals surface area contributed by atoms with Crippen LogP contribution in [0, 0.1) is 6.92 Å². The molecule has 4 heterocycles. The summed E-state index contributed by atoms with van der Waals surface area (Å²) in [5, 5.41) is 6.79. The zero-order valence-electron chi connectivity index (χ0n) is 20.2. The van der Waals surface area contributed by atoms with E-state index in [-0.39, 0.29) is 24.0 Å². The van der Waals surface area contributed by atoms with Crippen molar-refractivity contribution < 1.29 is 14.3 Å². The Kier molecular flexibility index (Phi) is 5.97. The van der Waals surface area contributed by atoms with Crippen molar-refractivity contribution in [3.8, 4) is 11.6 Å². The van der Waals surface area contributed by atoms with Gasteiger partial charge in [-0.1, -0.05) is 18.2 Å². The van der Waals surface area contributed by atoms with E-state index in [2.05, 4.69) is 20.6 Å². The number of nitrogens with zero attached hydrogens (tertiary/aromatic N) is 3. The Morgan fingerprint density at radius 3 is 2.81 bits per heavy atom. The number of pyridine rings is 2. The van der Waals surface area contributed by atoms with Gasteiger partial charge in [-0.25, -0.2) is 14.8 Å². The minimum absolute atomic E-state index is 0.0298. The molecule has 1 saturated carbocycles. The van der Waals surface area contributed by atoms with Crippen LogP contribution in [0.15, 0.2) is 54.9 Å². The van der Waals surface area contributed by atoms with Gasteiger partial charge < -0.3 is 21.1 Å². The summed E-state index contributed by atoms with van der Waals surface area (Å²) in [5.74, 6) is 0.900. The summed E-state index contributed by atoms with van der Waals surface area (Å²) in [6, 6.07) is 12.7. The summed E-state index contributed by atoms with van der Waals surface area (Å²) < 4.78 is 5.85. The summed E-state index contributed by atoms with van der Waals surface area (Å²) in [7, 11) is 0. The Labute approximate surface area is 217 Å². The van der Waals surface area contributed by atoms with E-state index in [1.807, 2.05) is 37.3 Å². The van der Waals surface area contributed by atoms with Gasteiger partial charge in [-0.3, -0.25) is 9.69 Å². The van der Waals surface area contributed by atoms with E-state index in [0.717, 1.165) is 36.6 Å². The largest absolute Gasteiger partial charge is 0.439 e. The summed E-state index contributed by atoms with van der Waals surface area (Å²) in [6.07, 6.45) is 6.90. The van der Waals surface area contributed by atoms with Gasteiger partial charge in [0.25, 0.3) is 5.91 Å². The zero-order chi connectivity index (χ0) is 25.5. The normalized spacial score (nSPS) is 19.0. The van der Waals surface area contributed by atoms with Gasteiger partial charge in [0.05, 0.1) is 28.6 Å². The molecule has 3 amide bonds. The molecule has 0 unspecified atom stereocenters. The van der Waals surface area contributed by atoms with Crippen LogP contribution < -0.4 is 26.0 Å². The first kappa shape index (κ1) is 23.4. The maximum Gasteiger partial charge on any atom is 0.331 e. The topological polar surface area (TPSA) is 122 Å². The molecule has 37 heavy (non-hydrogen) atoms. The lowest BCUT2D eigenvalue weighted by molar-refractivity contribution is 0.0930. The third-order valence-electron chi connectivity index (χ3n) is 6.77. The van der Waals surface area contributed by atoms with E-state index < -0.39 is 0 Å². The van der Waals surface area contributed by atoms with Crippen LogP contribution in [0.25, 0.3) is 10.2 Å². The molecule has 0 spiro atoms. The number of amides is 3. The maximum atomic E-state index is 13.4. The molecule has 2 aliphatic rings. The highest BCUT2D eigenvalue weighted by Crippen LogP contribution is 2.46. The number of para-hydroxylation sites is 1. The van der Waals surface area contributed by atoms with Crippen LogP contribution >= 0.6 is 11.3 Å². The van der Waals surface area contributed by atoms with E-state index in [1.165, 1.54) is 11.3 Å². The number of thiophene rings is 1. The molecule has 6 rings (SSSR count). The second-order valence-corrected chi connectivity index (χ2v) is 10.4. The van der Waals surface area contributed by atoms with Crippen molar-refractivity contribution in [2.45, 2.75) is 44.7 Å². The summed E-state index contributed by atoms with van der Waals surface area (Å²) in [5.41, 5.74) is 8.68. The predicted molar refractivity (Wildman–Crippen MR) is 144 cm³/mol. The molecule has 4 aromatic rings. The minimum atomic E-state index is -0.367. The third kappa shape index (κ3) is 4.38.